The van der Waals surface area contributed by atoms with Crippen molar-refractivity contribution in [2.75, 3.05) is 39.4 Å². The van der Waals surface area contributed by atoms with E-state index in [0.29, 0.717) is 39.1 Å². The Bertz CT molecular complexity index is 1470. The number of ether oxygens (including phenoxy) is 1. The van der Waals surface area contributed by atoms with Gasteiger partial charge in [0.1, 0.15) is 18.3 Å². The number of aromatic nitrogens is 4. The molecule has 4 fully saturated rings. The predicted octanol–water partition coefficient (Wildman–Crippen LogP) is 3.64. The van der Waals surface area contributed by atoms with Crippen LogP contribution in [-0.4, -0.2) is 115 Å². The highest BCUT2D eigenvalue weighted by molar-refractivity contribution is 5.79. The summed E-state index contributed by atoms with van der Waals surface area (Å²) >= 11 is 0. The summed E-state index contributed by atoms with van der Waals surface area (Å²) in [6, 6.07) is -0.184. The van der Waals surface area contributed by atoms with Crippen LogP contribution in [0.15, 0.2) is 37.4 Å². The van der Waals surface area contributed by atoms with Gasteiger partial charge in [-0.05, 0) is 59.5 Å². The smallest absolute Gasteiger partial charge is 0.475 e. The van der Waals surface area contributed by atoms with Gasteiger partial charge in [-0.1, -0.05) is 0 Å². The van der Waals surface area contributed by atoms with Gasteiger partial charge in [0.25, 0.3) is 0 Å². The fourth-order valence-corrected chi connectivity index (χ4v) is 6.01. The zero-order chi connectivity index (χ0) is 37.9. The Morgan fingerprint density at radius 1 is 0.750 bits per heavy atom. The van der Waals surface area contributed by atoms with Gasteiger partial charge in [-0.25, -0.2) is 39.7 Å². The molecule has 4 aliphatic rings. The van der Waals surface area contributed by atoms with Gasteiger partial charge < -0.3 is 20.1 Å². The molecule has 0 bridgehead atoms. The normalized spacial score (nSPS) is 21.4. The summed E-state index contributed by atoms with van der Waals surface area (Å²) in [5.74, 6) is -2.76. The molecule has 19 heteroatoms. The van der Waals surface area contributed by atoms with Crippen molar-refractivity contribution in [3.63, 3.8) is 0 Å². The number of hydrogen-bond acceptors (Lipinski definition) is 12. The Morgan fingerprint density at radius 3 is 1.54 bits per heavy atom. The molecule has 6 heterocycles. The highest BCUT2D eigenvalue weighted by Crippen LogP contribution is 2.34. The second kappa shape index (κ2) is 18.3. The minimum atomic E-state index is -5.08. The van der Waals surface area contributed by atoms with Crippen LogP contribution in [-0.2, 0) is 28.8 Å². The molecule has 0 saturated carbocycles. The maximum atomic E-state index is 12.9. The standard InChI is InChI=1S/C18H26N4O4.C13H18N4O2.C2HF3O2/c1-18(2,3)26-17(24)21-7-4-13(5-8-21)16(23)22-15(6-9-25-22)14-10-19-12-20-11-14;18-13(10-1-4-14-5-2-10)17-12(3-6-19-17)11-7-15-9-16-8-11;3-2(4,5)1(6)7/h10-13,15H,4-9H2,1-3H3;7-10,12,14H,1-6H2;(H,6,7)/t15-;12-;/m00./s1. The lowest BCUT2D eigenvalue weighted by atomic mass is 9.95. The first-order chi connectivity index (χ1) is 24.7. The maximum absolute atomic E-state index is 12.9. The van der Waals surface area contributed by atoms with Crippen molar-refractivity contribution in [1.82, 2.24) is 40.3 Å². The molecule has 0 unspecified atom stereocenters. The number of carbonyl (C=O) groups excluding carboxylic acids is 3. The summed E-state index contributed by atoms with van der Waals surface area (Å²) < 4.78 is 37.1. The average molecular weight is 739 g/mol. The van der Waals surface area contributed by atoms with Crippen LogP contribution in [0.25, 0.3) is 0 Å². The number of hydrogen-bond donors (Lipinski definition) is 2. The number of halogens is 3. The molecule has 0 spiro atoms. The van der Waals surface area contributed by atoms with Crippen LogP contribution in [0.2, 0.25) is 0 Å². The molecule has 3 amide bonds. The molecule has 2 aromatic heterocycles. The second-order valence-electron chi connectivity index (χ2n) is 13.5. The van der Waals surface area contributed by atoms with Crippen LogP contribution < -0.4 is 5.32 Å². The largest absolute Gasteiger partial charge is 0.490 e. The van der Waals surface area contributed by atoms with Crippen LogP contribution in [0.3, 0.4) is 0 Å². The molecule has 52 heavy (non-hydrogen) atoms. The molecule has 4 aliphatic heterocycles. The lowest BCUT2D eigenvalue weighted by Gasteiger charge is -2.34. The van der Waals surface area contributed by atoms with Gasteiger partial charge in [0, 0.05) is 73.7 Å². The van der Waals surface area contributed by atoms with Crippen LogP contribution >= 0.6 is 0 Å². The minimum absolute atomic E-state index is 0.0276. The number of nitrogens with one attached hydrogen (secondary N) is 1. The van der Waals surface area contributed by atoms with E-state index in [-0.39, 0.29) is 41.8 Å². The first-order valence-corrected chi connectivity index (χ1v) is 17.1. The van der Waals surface area contributed by atoms with E-state index < -0.39 is 17.7 Å². The van der Waals surface area contributed by atoms with Crippen LogP contribution in [0.4, 0.5) is 18.0 Å². The van der Waals surface area contributed by atoms with E-state index in [0.717, 1.165) is 49.9 Å². The highest BCUT2D eigenvalue weighted by Gasteiger charge is 2.40. The predicted molar refractivity (Wildman–Crippen MR) is 174 cm³/mol. The fourth-order valence-electron chi connectivity index (χ4n) is 6.01. The van der Waals surface area contributed by atoms with Gasteiger partial charge in [-0.2, -0.15) is 13.2 Å². The minimum Gasteiger partial charge on any atom is -0.475 e. The Hall–Kier alpha value is -4.49. The molecule has 286 valence electrons. The van der Waals surface area contributed by atoms with Crippen molar-refractivity contribution in [2.24, 2.45) is 11.8 Å². The fraction of sp³-hybridized carbons (Fsp3) is 0.636. The van der Waals surface area contributed by atoms with Gasteiger partial charge in [-0.15, -0.1) is 0 Å². The van der Waals surface area contributed by atoms with Crippen molar-refractivity contribution in [3.05, 3.63) is 48.6 Å². The third-order valence-corrected chi connectivity index (χ3v) is 8.60. The van der Waals surface area contributed by atoms with Gasteiger partial charge in [0.05, 0.1) is 25.3 Å². The van der Waals surface area contributed by atoms with Gasteiger partial charge in [0.15, 0.2) is 0 Å². The number of rotatable bonds is 4. The number of likely N-dealkylation sites (tertiary alicyclic amines) is 1. The zero-order valence-corrected chi connectivity index (χ0v) is 29.3. The van der Waals surface area contributed by atoms with Crippen molar-refractivity contribution >= 4 is 23.9 Å². The Balaban J connectivity index is 0.000000203. The third kappa shape index (κ3) is 11.5. The van der Waals surface area contributed by atoms with Gasteiger partial charge in [0.2, 0.25) is 11.8 Å². The number of carboxylic acids is 1. The molecule has 2 aromatic rings. The van der Waals surface area contributed by atoms with Gasteiger partial charge >= 0.3 is 18.2 Å². The first-order valence-electron chi connectivity index (χ1n) is 17.1. The maximum Gasteiger partial charge on any atom is 0.490 e. The van der Waals surface area contributed by atoms with Crippen LogP contribution in [0.5, 0.6) is 0 Å². The molecule has 0 radical (unpaired) electrons. The second-order valence-corrected chi connectivity index (χ2v) is 13.5. The summed E-state index contributed by atoms with van der Waals surface area (Å²) in [4.78, 5) is 75.4. The molecule has 2 N–H and O–H groups in total. The number of amides is 3. The molecule has 4 saturated heterocycles. The number of carboxylic acid groups (broad SMARTS) is 1. The van der Waals surface area contributed by atoms with Crippen molar-refractivity contribution in [2.45, 2.75) is 83.2 Å². The van der Waals surface area contributed by atoms with E-state index in [1.54, 1.807) is 34.8 Å². The van der Waals surface area contributed by atoms with Gasteiger partial charge in [-0.3, -0.25) is 19.3 Å². The Labute approximate surface area is 298 Å². The molecular weight excluding hydrogens is 693 g/mol. The molecule has 2 atom stereocenters. The Morgan fingerprint density at radius 2 is 1.15 bits per heavy atom. The lowest BCUT2D eigenvalue weighted by molar-refractivity contribution is -0.192. The van der Waals surface area contributed by atoms with E-state index in [2.05, 4.69) is 25.3 Å². The molecule has 16 nitrogen and oxygen atoms in total. The van der Waals surface area contributed by atoms with Crippen molar-refractivity contribution in [1.29, 1.82) is 0 Å². The first kappa shape index (κ1) is 40.3. The number of nitrogens with zero attached hydrogens (tertiary/aromatic N) is 7. The van der Waals surface area contributed by atoms with E-state index in [4.69, 9.17) is 24.3 Å². The summed E-state index contributed by atoms with van der Waals surface area (Å²) in [5, 5.41) is 13.4. The Kier molecular flexibility index (Phi) is 14.2. The number of alkyl halides is 3. The van der Waals surface area contributed by atoms with E-state index >= 15 is 0 Å². The van der Waals surface area contributed by atoms with Crippen molar-refractivity contribution in [3.8, 4) is 0 Å². The lowest BCUT2D eigenvalue weighted by Crippen LogP contribution is -2.45. The molecule has 6 rings (SSSR count). The topological polar surface area (TPSA) is 190 Å². The molecule has 0 aromatic carbocycles. The summed E-state index contributed by atoms with van der Waals surface area (Å²) in [5.41, 5.74) is 1.31. The quantitative estimate of drug-likeness (QED) is 0.463. The number of aliphatic carboxylic acids is 1. The monoisotopic (exact) mass is 738 g/mol. The van der Waals surface area contributed by atoms with Crippen LogP contribution in [0.1, 0.15) is 82.5 Å². The molecular formula is C33H45F3N8O8. The summed E-state index contributed by atoms with van der Waals surface area (Å²) in [6.07, 6.45) is 9.05. The number of piperidine rings is 2. The van der Waals surface area contributed by atoms with Crippen molar-refractivity contribution < 1.29 is 51.9 Å². The van der Waals surface area contributed by atoms with Crippen LogP contribution in [0, 0.1) is 11.8 Å². The highest BCUT2D eigenvalue weighted by atomic mass is 19.4. The SMILES string of the molecule is CC(C)(C)OC(=O)N1CCC(C(=O)N2OCC[C@H]2c2cncnc2)CC1.O=C(C1CCNCC1)N1OCC[C@H]1c1cncnc1.O=C(O)C(F)(F)F. The van der Waals surface area contributed by atoms with E-state index in [1.807, 2.05) is 20.8 Å². The zero-order valence-electron chi connectivity index (χ0n) is 29.3. The summed E-state index contributed by atoms with van der Waals surface area (Å²) in [7, 11) is 0. The third-order valence-electron chi connectivity index (χ3n) is 8.60. The molecule has 0 aliphatic carbocycles. The summed E-state index contributed by atoms with van der Waals surface area (Å²) in [6.45, 7) is 9.46. The van der Waals surface area contributed by atoms with E-state index in [9.17, 15) is 27.6 Å². The number of hydroxylamine groups is 4. The average Bonchev–Trinajstić information content (AvgIpc) is 3.83. The van der Waals surface area contributed by atoms with E-state index in [1.165, 1.54) is 17.7 Å². The number of carbonyl (C=O) groups is 4.